The molecule has 2 aromatic carbocycles. The van der Waals surface area contributed by atoms with E-state index in [1.165, 1.54) is 0 Å². The molecule has 0 aliphatic carbocycles. The number of aromatic nitrogens is 1. The van der Waals surface area contributed by atoms with Crippen LogP contribution in [0.5, 0.6) is 0 Å². The molecule has 0 aliphatic heterocycles. The van der Waals surface area contributed by atoms with E-state index < -0.39 is 10.8 Å². The van der Waals surface area contributed by atoms with Crippen molar-refractivity contribution in [1.82, 2.24) is 4.98 Å². The molecule has 2 N–H and O–H groups in total. The maximum Gasteiger partial charge on any atom is 0.288 e. The van der Waals surface area contributed by atoms with Gasteiger partial charge in [-0.2, -0.15) is 0 Å². The fourth-order valence-electron chi connectivity index (χ4n) is 2.18. The van der Waals surface area contributed by atoms with E-state index >= 15 is 0 Å². The van der Waals surface area contributed by atoms with Gasteiger partial charge in [0.25, 0.3) is 5.22 Å². The van der Waals surface area contributed by atoms with E-state index in [0.29, 0.717) is 22.5 Å². The second-order valence-electron chi connectivity index (χ2n) is 5.13. The zero-order chi connectivity index (χ0) is 15.0. The third-order valence-corrected chi connectivity index (χ3v) is 4.52. The van der Waals surface area contributed by atoms with E-state index in [2.05, 4.69) is 4.98 Å². The Morgan fingerprint density at radius 3 is 2.81 bits per heavy atom. The highest BCUT2D eigenvalue weighted by Gasteiger charge is 2.14. The van der Waals surface area contributed by atoms with Gasteiger partial charge in [-0.05, 0) is 37.1 Å². The lowest BCUT2D eigenvalue weighted by Gasteiger charge is -2.05. The van der Waals surface area contributed by atoms with Gasteiger partial charge < -0.3 is 10.2 Å². The minimum Gasteiger partial charge on any atom is -0.430 e. The summed E-state index contributed by atoms with van der Waals surface area (Å²) in [7, 11) is -1.31. The molecular formula is C16H16N2O2S. The summed E-state index contributed by atoms with van der Waals surface area (Å²) < 4.78 is 18.0. The fourth-order valence-corrected chi connectivity index (χ4v) is 3.28. The van der Waals surface area contributed by atoms with Crippen LogP contribution in [0.3, 0.4) is 0 Å². The van der Waals surface area contributed by atoms with Crippen molar-refractivity contribution in [2.45, 2.75) is 24.8 Å². The van der Waals surface area contributed by atoms with Crippen molar-refractivity contribution >= 4 is 27.6 Å². The molecule has 3 aromatic rings. The quantitative estimate of drug-likeness (QED) is 0.753. The topological polar surface area (TPSA) is 69.1 Å². The Hall–Kier alpha value is -2.14. The van der Waals surface area contributed by atoms with Crippen molar-refractivity contribution in [3.63, 3.8) is 0 Å². The predicted octanol–water partition coefficient (Wildman–Crippen LogP) is 3.33. The summed E-state index contributed by atoms with van der Waals surface area (Å²) in [6.07, 6.45) is 0. The van der Waals surface area contributed by atoms with Crippen LogP contribution in [-0.2, 0) is 16.6 Å². The number of anilines is 1. The molecule has 108 valence electrons. The Morgan fingerprint density at radius 2 is 2.00 bits per heavy atom. The lowest BCUT2D eigenvalue weighted by molar-refractivity contribution is 0.477. The number of nitrogens with two attached hydrogens (primary N) is 1. The molecule has 4 nitrogen and oxygen atoms in total. The smallest absolute Gasteiger partial charge is 0.288 e. The number of nitrogen functional groups attached to an aromatic ring is 1. The van der Waals surface area contributed by atoms with Crippen molar-refractivity contribution in [2.75, 3.05) is 5.73 Å². The second kappa shape index (κ2) is 5.33. The van der Waals surface area contributed by atoms with Crippen LogP contribution in [0.25, 0.3) is 11.1 Å². The summed E-state index contributed by atoms with van der Waals surface area (Å²) in [6.45, 7) is 4.03. The van der Waals surface area contributed by atoms with E-state index in [9.17, 15) is 4.21 Å². The summed E-state index contributed by atoms with van der Waals surface area (Å²) in [4.78, 5) is 4.28. The number of fused-ring (bicyclic) bond motifs is 1. The zero-order valence-corrected chi connectivity index (χ0v) is 12.7. The van der Waals surface area contributed by atoms with Gasteiger partial charge in [0.05, 0.1) is 5.75 Å². The van der Waals surface area contributed by atoms with Crippen LogP contribution in [0.1, 0.15) is 16.7 Å². The standard InChI is InChI=1S/C16H16N2O2S/c1-10-3-4-11(2)12(7-10)9-21(19)16-18-14-6-5-13(17)8-15(14)20-16/h3-8H,9,17H2,1-2H3. The predicted molar refractivity (Wildman–Crippen MR) is 84.4 cm³/mol. The van der Waals surface area contributed by atoms with E-state index in [1.54, 1.807) is 18.2 Å². The van der Waals surface area contributed by atoms with Crippen LogP contribution >= 0.6 is 0 Å². The molecule has 0 bridgehead atoms. The Balaban J connectivity index is 1.91. The van der Waals surface area contributed by atoms with Crippen molar-refractivity contribution in [1.29, 1.82) is 0 Å². The number of benzene rings is 2. The van der Waals surface area contributed by atoms with Crippen molar-refractivity contribution < 1.29 is 8.63 Å². The SMILES string of the molecule is Cc1ccc(C)c(CS(=O)c2nc3ccc(N)cc3o2)c1. The highest BCUT2D eigenvalue weighted by molar-refractivity contribution is 7.84. The van der Waals surface area contributed by atoms with E-state index in [0.717, 1.165) is 16.7 Å². The first kappa shape index (κ1) is 13.8. The third kappa shape index (κ3) is 2.83. The first-order chi connectivity index (χ1) is 10.0. The molecule has 5 heteroatoms. The van der Waals surface area contributed by atoms with Gasteiger partial charge in [0, 0.05) is 11.8 Å². The third-order valence-electron chi connectivity index (χ3n) is 3.38. The Kier molecular flexibility index (Phi) is 3.51. The van der Waals surface area contributed by atoms with Gasteiger partial charge >= 0.3 is 0 Å². The fraction of sp³-hybridized carbons (Fsp3) is 0.188. The lowest BCUT2D eigenvalue weighted by Crippen LogP contribution is -1.99. The molecule has 0 saturated carbocycles. The van der Waals surface area contributed by atoms with Crippen LogP contribution in [0.15, 0.2) is 46.0 Å². The average molecular weight is 300 g/mol. The average Bonchev–Trinajstić information content (AvgIpc) is 2.86. The number of nitrogens with zero attached hydrogens (tertiary/aromatic N) is 1. The molecule has 1 atom stereocenters. The summed E-state index contributed by atoms with van der Waals surface area (Å²) in [6, 6.07) is 11.3. The summed E-state index contributed by atoms with van der Waals surface area (Å²) in [5.41, 5.74) is 10.9. The molecule has 0 aliphatic rings. The van der Waals surface area contributed by atoms with E-state index in [-0.39, 0.29) is 5.22 Å². The number of aryl methyl sites for hydroxylation is 2. The molecule has 1 unspecified atom stereocenters. The summed E-state index contributed by atoms with van der Waals surface area (Å²) >= 11 is 0. The van der Waals surface area contributed by atoms with Crippen LogP contribution in [0.4, 0.5) is 5.69 Å². The van der Waals surface area contributed by atoms with Crippen LogP contribution in [0.2, 0.25) is 0 Å². The molecule has 0 radical (unpaired) electrons. The molecule has 1 aromatic heterocycles. The maximum absolute atomic E-state index is 12.5. The minimum atomic E-state index is -1.31. The van der Waals surface area contributed by atoms with Gasteiger partial charge in [-0.15, -0.1) is 0 Å². The molecule has 0 saturated heterocycles. The highest BCUT2D eigenvalue weighted by Crippen LogP contribution is 2.22. The Bertz CT molecular complexity index is 839. The Labute approximate surface area is 125 Å². The lowest BCUT2D eigenvalue weighted by atomic mass is 10.1. The van der Waals surface area contributed by atoms with Crippen LogP contribution < -0.4 is 5.73 Å². The largest absolute Gasteiger partial charge is 0.430 e. The summed E-state index contributed by atoms with van der Waals surface area (Å²) in [5, 5.41) is 0.247. The molecule has 0 amide bonds. The van der Waals surface area contributed by atoms with Gasteiger partial charge in [-0.25, -0.2) is 9.19 Å². The van der Waals surface area contributed by atoms with Gasteiger partial charge in [0.15, 0.2) is 5.58 Å². The molecule has 1 heterocycles. The first-order valence-electron chi connectivity index (χ1n) is 6.63. The monoisotopic (exact) mass is 300 g/mol. The molecule has 21 heavy (non-hydrogen) atoms. The van der Waals surface area contributed by atoms with Gasteiger partial charge in [0.2, 0.25) is 0 Å². The molecule has 0 fully saturated rings. The van der Waals surface area contributed by atoms with Crippen LogP contribution in [-0.4, -0.2) is 9.19 Å². The number of oxazole rings is 1. The van der Waals surface area contributed by atoms with E-state index in [1.807, 2.05) is 32.0 Å². The van der Waals surface area contributed by atoms with Crippen LogP contribution in [0, 0.1) is 13.8 Å². The van der Waals surface area contributed by atoms with Crippen molar-refractivity contribution in [3.8, 4) is 0 Å². The molecule has 3 rings (SSSR count). The van der Waals surface area contributed by atoms with Crippen molar-refractivity contribution in [2.24, 2.45) is 0 Å². The van der Waals surface area contributed by atoms with Crippen molar-refractivity contribution in [3.05, 3.63) is 53.1 Å². The highest BCUT2D eigenvalue weighted by atomic mass is 32.2. The maximum atomic E-state index is 12.5. The zero-order valence-electron chi connectivity index (χ0n) is 11.9. The van der Waals surface area contributed by atoms with E-state index in [4.69, 9.17) is 10.2 Å². The Morgan fingerprint density at radius 1 is 1.19 bits per heavy atom. The first-order valence-corrected chi connectivity index (χ1v) is 7.95. The number of rotatable bonds is 3. The minimum absolute atomic E-state index is 0.247. The normalized spacial score (nSPS) is 12.7. The summed E-state index contributed by atoms with van der Waals surface area (Å²) in [5.74, 6) is 0.399. The second-order valence-corrected chi connectivity index (χ2v) is 6.46. The number of hydrogen-bond acceptors (Lipinski definition) is 4. The molecular weight excluding hydrogens is 284 g/mol. The van der Waals surface area contributed by atoms with Gasteiger partial charge in [-0.1, -0.05) is 23.8 Å². The van der Waals surface area contributed by atoms with Gasteiger partial charge in [0.1, 0.15) is 16.3 Å². The molecule has 0 spiro atoms. The number of hydrogen-bond donors (Lipinski definition) is 1. The van der Waals surface area contributed by atoms with Gasteiger partial charge in [-0.3, -0.25) is 0 Å².